The van der Waals surface area contributed by atoms with E-state index in [1.807, 2.05) is 0 Å². The number of aliphatic hydroxyl groups is 1. The molecule has 2 atom stereocenters. The van der Waals surface area contributed by atoms with E-state index in [4.69, 9.17) is 28.9 Å². The van der Waals surface area contributed by atoms with Crippen LogP contribution < -0.4 is 5.73 Å². The Hall–Kier alpha value is -0.350. The van der Waals surface area contributed by atoms with E-state index in [-0.39, 0.29) is 15.6 Å². The normalized spacial score (nSPS) is 15.3. The van der Waals surface area contributed by atoms with E-state index < -0.39 is 18.0 Å². The van der Waals surface area contributed by atoms with Crippen LogP contribution in [0.15, 0.2) is 12.1 Å². The van der Waals surface area contributed by atoms with Crippen LogP contribution in [0, 0.1) is 5.82 Å². The van der Waals surface area contributed by atoms with E-state index in [9.17, 15) is 9.50 Å². The summed E-state index contributed by atoms with van der Waals surface area (Å²) in [6.45, 7) is 1.46. The molecule has 0 fully saturated rings. The lowest BCUT2D eigenvalue weighted by atomic mass is 10.0. The summed E-state index contributed by atoms with van der Waals surface area (Å²) < 4.78 is 13.5. The van der Waals surface area contributed by atoms with Gasteiger partial charge in [-0.25, -0.2) is 4.39 Å². The predicted molar refractivity (Wildman–Crippen MR) is 55.0 cm³/mol. The maximum atomic E-state index is 13.5. The average Bonchev–Trinajstić information content (AvgIpc) is 2.12. The minimum absolute atomic E-state index is 0.0502. The highest BCUT2D eigenvalue weighted by molar-refractivity contribution is 6.33. The van der Waals surface area contributed by atoms with Gasteiger partial charge in [0.05, 0.1) is 17.2 Å². The summed E-state index contributed by atoms with van der Waals surface area (Å²) >= 11 is 11.3. The number of nitrogens with two attached hydrogens (primary N) is 1. The van der Waals surface area contributed by atoms with Gasteiger partial charge in [0, 0.05) is 10.6 Å². The Balaban J connectivity index is 3.25. The maximum Gasteiger partial charge on any atom is 0.148 e. The molecule has 0 saturated heterocycles. The Morgan fingerprint density at radius 2 is 1.86 bits per heavy atom. The van der Waals surface area contributed by atoms with Gasteiger partial charge in [-0.3, -0.25) is 0 Å². The van der Waals surface area contributed by atoms with Gasteiger partial charge in [-0.1, -0.05) is 23.2 Å². The van der Waals surface area contributed by atoms with Crippen LogP contribution in [0.3, 0.4) is 0 Å². The van der Waals surface area contributed by atoms with Crippen LogP contribution in [0.25, 0.3) is 0 Å². The highest BCUT2D eigenvalue weighted by Crippen LogP contribution is 2.30. The fourth-order valence-electron chi connectivity index (χ4n) is 1.09. The lowest BCUT2D eigenvalue weighted by molar-refractivity contribution is 0.162. The number of hydrogen-bond acceptors (Lipinski definition) is 2. The molecule has 0 saturated carbocycles. The first-order valence-corrected chi connectivity index (χ1v) is 4.77. The van der Waals surface area contributed by atoms with Gasteiger partial charge in [0.1, 0.15) is 5.82 Å². The second kappa shape index (κ2) is 4.45. The van der Waals surface area contributed by atoms with Gasteiger partial charge >= 0.3 is 0 Å². The zero-order valence-corrected chi connectivity index (χ0v) is 8.98. The molecule has 1 rings (SSSR count). The molecule has 78 valence electrons. The van der Waals surface area contributed by atoms with Crippen molar-refractivity contribution in [2.75, 3.05) is 0 Å². The third-order valence-electron chi connectivity index (χ3n) is 1.93. The molecule has 5 heteroatoms. The third-order valence-corrected chi connectivity index (χ3v) is 2.55. The predicted octanol–water partition coefficient (Wildman–Crippen LogP) is 2.51. The molecule has 0 amide bonds. The zero-order valence-electron chi connectivity index (χ0n) is 7.47. The molecule has 0 bridgehead atoms. The van der Waals surface area contributed by atoms with E-state index in [0.29, 0.717) is 0 Å². The van der Waals surface area contributed by atoms with Crippen molar-refractivity contribution < 1.29 is 9.50 Å². The van der Waals surface area contributed by atoms with E-state index in [2.05, 4.69) is 0 Å². The lowest BCUT2D eigenvalue weighted by Crippen LogP contribution is -2.24. The summed E-state index contributed by atoms with van der Waals surface area (Å²) in [5.74, 6) is -0.674. The molecule has 0 spiro atoms. The number of aliphatic hydroxyl groups excluding tert-OH is 1. The molecule has 0 aliphatic carbocycles. The van der Waals surface area contributed by atoms with E-state index in [1.54, 1.807) is 0 Å². The largest absolute Gasteiger partial charge is 0.391 e. The smallest absolute Gasteiger partial charge is 0.148 e. The molecule has 0 aliphatic rings. The topological polar surface area (TPSA) is 46.2 Å². The molecular formula is C9H10Cl2FNO. The molecule has 1 aromatic rings. The number of halogens is 3. The van der Waals surface area contributed by atoms with Gasteiger partial charge in [0.25, 0.3) is 0 Å². The second-order valence-corrected chi connectivity index (χ2v) is 3.84. The highest BCUT2D eigenvalue weighted by Gasteiger charge is 2.21. The van der Waals surface area contributed by atoms with Crippen molar-refractivity contribution in [2.45, 2.75) is 19.1 Å². The fourth-order valence-corrected chi connectivity index (χ4v) is 1.53. The second-order valence-electron chi connectivity index (χ2n) is 3.02. The van der Waals surface area contributed by atoms with Crippen LogP contribution in [0.4, 0.5) is 4.39 Å². The zero-order chi connectivity index (χ0) is 10.9. The van der Waals surface area contributed by atoms with E-state index in [0.717, 1.165) is 0 Å². The summed E-state index contributed by atoms with van der Waals surface area (Å²) in [4.78, 5) is 0. The Kier molecular flexibility index (Phi) is 3.72. The molecule has 2 nitrogen and oxygen atoms in total. The van der Waals surface area contributed by atoms with Crippen molar-refractivity contribution in [3.63, 3.8) is 0 Å². The molecule has 0 heterocycles. The monoisotopic (exact) mass is 237 g/mol. The summed E-state index contributed by atoms with van der Waals surface area (Å²) in [7, 11) is 0. The Labute approximate surface area is 91.4 Å². The summed E-state index contributed by atoms with van der Waals surface area (Å²) in [5.41, 5.74) is 5.63. The van der Waals surface area contributed by atoms with Crippen LogP contribution in [0.2, 0.25) is 10.0 Å². The molecule has 0 aromatic heterocycles. The van der Waals surface area contributed by atoms with Crippen molar-refractivity contribution in [3.8, 4) is 0 Å². The highest BCUT2D eigenvalue weighted by atomic mass is 35.5. The molecule has 0 unspecified atom stereocenters. The van der Waals surface area contributed by atoms with Crippen LogP contribution in [-0.4, -0.2) is 11.2 Å². The first-order valence-electron chi connectivity index (χ1n) is 4.02. The molecule has 14 heavy (non-hydrogen) atoms. The summed E-state index contributed by atoms with van der Waals surface area (Å²) in [6.07, 6.45) is -0.888. The van der Waals surface area contributed by atoms with Gasteiger partial charge < -0.3 is 10.8 Å². The van der Waals surface area contributed by atoms with Crippen molar-refractivity contribution in [1.29, 1.82) is 0 Å². The molecule has 1 aromatic carbocycles. The van der Waals surface area contributed by atoms with Gasteiger partial charge in [0.2, 0.25) is 0 Å². The summed E-state index contributed by atoms with van der Waals surface area (Å²) in [6, 6.07) is 1.92. The lowest BCUT2D eigenvalue weighted by Gasteiger charge is -2.17. The van der Waals surface area contributed by atoms with Gasteiger partial charge in [-0.2, -0.15) is 0 Å². The van der Waals surface area contributed by atoms with Crippen LogP contribution in [0.1, 0.15) is 18.5 Å². The SMILES string of the molecule is C[C@H](O)[C@H](N)c1c(Cl)ccc(Cl)c1F. The van der Waals surface area contributed by atoms with Gasteiger partial charge in [0.15, 0.2) is 0 Å². The third kappa shape index (κ3) is 2.17. The van der Waals surface area contributed by atoms with Crippen molar-refractivity contribution in [2.24, 2.45) is 5.73 Å². The first-order chi connectivity index (χ1) is 6.45. The van der Waals surface area contributed by atoms with Crippen LogP contribution >= 0.6 is 23.2 Å². The summed E-state index contributed by atoms with van der Waals surface area (Å²) in [5, 5.41) is 9.33. The average molecular weight is 238 g/mol. The standard InChI is InChI=1S/C9H10Cl2FNO/c1-4(14)9(13)7-5(10)2-3-6(11)8(7)12/h2-4,9,14H,13H2,1H3/t4-,9-/m0/s1. The van der Waals surface area contributed by atoms with E-state index >= 15 is 0 Å². The van der Waals surface area contributed by atoms with Gasteiger partial charge in [-0.15, -0.1) is 0 Å². The Morgan fingerprint density at radius 3 is 2.36 bits per heavy atom. The molecule has 0 aliphatic heterocycles. The molecule has 3 N–H and O–H groups in total. The Bertz CT molecular complexity index is 344. The van der Waals surface area contributed by atoms with E-state index in [1.165, 1.54) is 19.1 Å². The molecular weight excluding hydrogens is 228 g/mol. The quantitative estimate of drug-likeness (QED) is 0.777. The molecule has 0 radical (unpaired) electrons. The van der Waals surface area contributed by atoms with Crippen molar-refractivity contribution in [3.05, 3.63) is 33.6 Å². The van der Waals surface area contributed by atoms with Crippen LogP contribution in [0.5, 0.6) is 0 Å². The Morgan fingerprint density at radius 1 is 1.36 bits per heavy atom. The minimum atomic E-state index is -0.888. The number of rotatable bonds is 2. The van der Waals surface area contributed by atoms with Crippen molar-refractivity contribution >= 4 is 23.2 Å². The number of hydrogen-bond donors (Lipinski definition) is 2. The maximum absolute atomic E-state index is 13.5. The first kappa shape index (κ1) is 11.7. The fraction of sp³-hybridized carbons (Fsp3) is 0.333. The number of benzene rings is 1. The van der Waals surface area contributed by atoms with Gasteiger partial charge in [-0.05, 0) is 19.1 Å². The van der Waals surface area contributed by atoms with Crippen LogP contribution in [-0.2, 0) is 0 Å². The minimum Gasteiger partial charge on any atom is -0.391 e. The van der Waals surface area contributed by atoms with Crippen molar-refractivity contribution in [1.82, 2.24) is 0 Å².